The first-order valence-corrected chi connectivity index (χ1v) is 11.7. The van der Waals surface area contributed by atoms with E-state index in [1.165, 1.54) is 0 Å². The molecule has 11 atom stereocenters. The molecule has 0 aromatic heterocycles. The van der Waals surface area contributed by atoms with Crippen LogP contribution in [0.3, 0.4) is 0 Å². The highest BCUT2D eigenvalue weighted by molar-refractivity contribution is 7.47. The van der Waals surface area contributed by atoms with Gasteiger partial charge in [0.05, 0.1) is 34.4 Å². The SMILES string of the molecule is C[N+](C)(C)CCOP(=O)(O)OC[C@H]1O[C@@H](OC[C@H]2O[C@@H](O)[C@H](O)[C@@H](O)[C@H]2O)[C@H](O)[C@@H](O)[C@H]1O. The minimum atomic E-state index is -4.51. The van der Waals surface area contributed by atoms with Gasteiger partial charge in [-0.3, -0.25) is 9.05 Å². The lowest BCUT2D eigenvalue weighted by molar-refractivity contribution is -0.870. The summed E-state index contributed by atoms with van der Waals surface area (Å²) in [4.78, 5) is 9.80. The Bertz CT molecular complexity index is 664. The molecule has 0 amide bonds. The summed E-state index contributed by atoms with van der Waals surface area (Å²) in [5.41, 5.74) is 0. The molecule has 2 heterocycles. The van der Waals surface area contributed by atoms with Crippen molar-refractivity contribution in [3.63, 3.8) is 0 Å². The molecular weight excluding hydrogens is 473 g/mol. The van der Waals surface area contributed by atoms with Crippen LogP contribution in [0.4, 0.5) is 0 Å². The Labute approximate surface area is 190 Å². The third-order valence-electron chi connectivity index (χ3n) is 5.20. The number of hydrogen-bond acceptors (Lipinski definition) is 13. The van der Waals surface area contributed by atoms with E-state index >= 15 is 0 Å². The molecule has 0 bridgehead atoms. The summed E-state index contributed by atoms with van der Waals surface area (Å²) in [5.74, 6) is 0. The smallest absolute Gasteiger partial charge is 0.387 e. The average molecular weight is 508 g/mol. The highest BCUT2D eigenvalue weighted by Gasteiger charge is 2.47. The van der Waals surface area contributed by atoms with Crippen LogP contribution in [0.5, 0.6) is 0 Å². The van der Waals surface area contributed by atoms with Crippen LogP contribution < -0.4 is 0 Å². The van der Waals surface area contributed by atoms with Crippen LogP contribution >= 0.6 is 7.82 Å². The van der Waals surface area contributed by atoms with E-state index in [1.807, 2.05) is 21.1 Å². The molecule has 0 aromatic carbocycles. The summed E-state index contributed by atoms with van der Waals surface area (Å²) in [5, 5.41) is 69.0. The number of ether oxygens (including phenoxy) is 3. The maximum absolute atomic E-state index is 12.0. The van der Waals surface area contributed by atoms with Crippen LogP contribution in [0.15, 0.2) is 0 Å². The second-order valence-corrected chi connectivity index (χ2v) is 10.4. The number of rotatable bonds is 10. The molecular formula is C17H35NO14P+. The van der Waals surface area contributed by atoms with Crippen molar-refractivity contribution in [3.05, 3.63) is 0 Å². The van der Waals surface area contributed by atoms with E-state index in [-0.39, 0.29) is 6.61 Å². The van der Waals surface area contributed by atoms with E-state index in [0.717, 1.165) is 0 Å². The predicted molar refractivity (Wildman–Crippen MR) is 106 cm³/mol. The molecule has 2 saturated heterocycles. The Hall–Kier alpha value is -0.330. The fraction of sp³-hybridized carbons (Fsp3) is 1.00. The summed E-state index contributed by atoms with van der Waals surface area (Å²) in [6.45, 7) is -0.941. The molecule has 0 aliphatic carbocycles. The lowest BCUT2D eigenvalue weighted by Crippen LogP contribution is -2.61. The first-order valence-electron chi connectivity index (χ1n) is 10.2. The lowest BCUT2D eigenvalue weighted by Gasteiger charge is -2.42. The van der Waals surface area contributed by atoms with Crippen molar-refractivity contribution in [1.29, 1.82) is 0 Å². The first-order chi connectivity index (χ1) is 15.1. The molecule has 0 saturated carbocycles. The average Bonchev–Trinajstić information content (AvgIpc) is 2.71. The Morgan fingerprint density at radius 3 is 1.88 bits per heavy atom. The van der Waals surface area contributed by atoms with Gasteiger partial charge < -0.3 is 59.3 Å². The minimum absolute atomic E-state index is 0.0887. The molecule has 8 N–H and O–H groups in total. The zero-order valence-corrected chi connectivity index (χ0v) is 19.4. The third kappa shape index (κ3) is 8.10. The van der Waals surface area contributed by atoms with Crippen LogP contribution in [0, 0.1) is 0 Å². The van der Waals surface area contributed by atoms with Crippen molar-refractivity contribution >= 4 is 7.82 Å². The van der Waals surface area contributed by atoms with Crippen LogP contribution in [0.1, 0.15) is 0 Å². The standard InChI is InChI=1S/C17H34NO14P/c1-18(2,3)4-5-29-33(26,27)30-7-9-11(20)13(22)15(24)17(32-9)28-6-8-10(19)12(21)14(23)16(25)31-8/h8-17,19-25H,4-7H2,1-3H3/p+1/t8-,9-,10+,11+,12+,13+,14-,15-,16-,17-/m1/s1. The summed E-state index contributed by atoms with van der Waals surface area (Å²) in [6.07, 6.45) is -16.5. The van der Waals surface area contributed by atoms with E-state index < -0.39 is 82.4 Å². The zero-order chi connectivity index (χ0) is 25.1. The molecule has 33 heavy (non-hydrogen) atoms. The predicted octanol–water partition coefficient (Wildman–Crippen LogP) is -4.55. The normalized spacial score (nSPS) is 42.2. The van der Waals surface area contributed by atoms with Gasteiger partial charge in [0.1, 0.15) is 62.0 Å². The summed E-state index contributed by atoms with van der Waals surface area (Å²) in [6, 6.07) is 0. The van der Waals surface area contributed by atoms with Crippen LogP contribution in [0.2, 0.25) is 0 Å². The van der Waals surface area contributed by atoms with E-state index in [0.29, 0.717) is 11.0 Å². The van der Waals surface area contributed by atoms with Crippen molar-refractivity contribution in [2.75, 3.05) is 47.5 Å². The Kier molecular flexibility index (Phi) is 10.2. The number of hydrogen-bond donors (Lipinski definition) is 8. The van der Waals surface area contributed by atoms with E-state index in [1.54, 1.807) is 0 Å². The van der Waals surface area contributed by atoms with E-state index in [9.17, 15) is 45.2 Å². The fourth-order valence-corrected chi connectivity index (χ4v) is 3.81. The Balaban J connectivity index is 1.91. The van der Waals surface area contributed by atoms with Gasteiger partial charge in [0, 0.05) is 0 Å². The fourth-order valence-electron chi connectivity index (χ4n) is 3.09. The quantitative estimate of drug-likeness (QED) is 0.103. The zero-order valence-electron chi connectivity index (χ0n) is 18.5. The van der Waals surface area contributed by atoms with Crippen molar-refractivity contribution in [1.82, 2.24) is 0 Å². The molecule has 16 heteroatoms. The van der Waals surface area contributed by atoms with Crippen molar-refractivity contribution in [2.24, 2.45) is 0 Å². The largest absolute Gasteiger partial charge is 0.472 e. The Morgan fingerprint density at radius 1 is 0.758 bits per heavy atom. The number of phosphoric acid groups is 1. The van der Waals surface area contributed by atoms with E-state index in [4.69, 9.17) is 23.3 Å². The number of aliphatic hydroxyl groups is 7. The van der Waals surface area contributed by atoms with Crippen molar-refractivity contribution in [3.8, 4) is 0 Å². The van der Waals surface area contributed by atoms with E-state index in [2.05, 4.69) is 0 Å². The van der Waals surface area contributed by atoms with Gasteiger partial charge in [-0.25, -0.2) is 4.57 Å². The molecule has 2 aliphatic rings. The van der Waals surface area contributed by atoms with Gasteiger partial charge in [0.2, 0.25) is 0 Å². The molecule has 15 nitrogen and oxygen atoms in total. The monoisotopic (exact) mass is 508 g/mol. The van der Waals surface area contributed by atoms with Crippen molar-refractivity contribution < 1.29 is 72.9 Å². The maximum Gasteiger partial charge on any atom is 0.472 e. The molecule has 2 rings (SSSR count). The summed E-state index contributed by atoms with van der Waals surface area (Å²) in [7, 11) is 1.05. The van der Waals surface area contributed by atoms with Gasteiger partial charge in [-0.15, -0.1) is 0 Å². The third-order valence-corrected chi connectivity index (χ3v) is 6.18. The highest BCUT2D eigenvalue weighted by atomic mass is 31.2. The maximum atomic E-state index is 12.0. The van der Waals surface area contributed by atoms with Gasteiger partial charge in [-0.2, -0.15) is 0 Å². The van der Waals surface area contributed by atoms with Crippen LogP contribution in [-0.4, -0.2) is 154 Å². The van der Waals surface area contributed by atoms with Gasteiger partial charge in [-0.05, 0) is 0 Å². The Morgan fingerprint density at radius 2 is 1.30 bits per heavy atom. The summed E-state index contributed by atoms with van der Waals surface area (Å²) >= 11 is 0. The second-order valence-electron chi connectivity index (χ2n) is 9.00. The van der Waals surface area contributed by atoms with Gasteiger partial charge >= 0.3 is 7.82 Å². The second kappa shape index (κ2) is 11.6. The van der Waals surface area contributed by atoms with Crippen LogP contribution in [0.25, 0.3) is 0 Å². The number of likely N-dealkylation sites (N-methyl/N-ethyl adjacent to an activating group) is 1. The number of quaternary nitrogens is 1. The first kappa shape index (κ1) is 28.9. The van der Waals surface area contributed by atoms with Crippen LogP contribution in [-0.2, 0) is 27.8 Å². The van der Waals surface area contributed by atoms with Gasteiger partial charge in [0.15, 0.2) is 12.6 Å². The number of aliphatic hydroxyl groups excluding tert-OH is 7. The molecule has 1 unspecified atom stereocenters. The minimum Gasteiger partial charge on any atom is -0.387 e. The molecule has 0 spiro atoms. The summed E-state index contributed by atoms with van der Waals surface area (Å²) < 4.78 is 37.7. The van der Waals surface area contributed by atoms with Crippen molar-refractivity contribution in [2.45, 2.75) is 61.4 Å². The molecule has 2 aliphatic heterocycles. The molecule has 196 valence electrons. The van der Waals surface area contributed by atoms with Gasteiger partial charge in [0.25, 0.3) is 0 Å². The number of phosphoric ester groups is 1. The molecule has 0 radical (unpaired) electrons. The lowest BCUT2D eigenvalue weighted by atomic mass is 9.98. The van der Waals surface area contributed by atoms with Gasteiger partial charge in [-0.1, -0.05) is 0 Å². The highest BCUT2D eigenvalue weighted by Crippen LogP contribution is 2.43. The molecule has 2 fully saturated rings. The number of nitrogens with zero attached hydrogens (tertiary/aromatic N) is 1. The topological polar surface area (TPSA) is 225 Å². The molecule has 0 aromatic rings.